The van der Waals surface area contributed by atoms with Gasteiger partial charge in [0.15, 0.2) is 0 Å². The first kappa shape index (κ1) is 20.0. The number of nitrogen functional groups attached to an aromatic ring is 2. The SMILES string of the molecule is CN(C)CCCNC(=O)c1c(N)cc(=O)n(CCCN(C)C)c1N. The van der Waals surface area contributed by atoms with Gasteiger partial charge in [0, 0.05) is 19.2 Å². The molecule has 1 aromatic rings. The van der Waals surface area contributed by atoms with Gasteiger partial charge in [-0.3, -0.25) is 14.2 Å². The van der Waals surface area contributed by atoms with Gasteiger partial charge in [0.2, 0.25) is 0 Å². The molecule has 0 saturated carbocycles. The van der Waals surface area contributed by atoms with Crippen LogP contribution < -0.4 is 22.3 Å². The molecule has 0 saturated heterocycles. The molecule has 136 valence electrons. The molecular weight excluding hydrogens is 308 g/mol. The Balaban J connectivity index is 2.86. The van der Waals surface area contributed by atoms with Gasteiger partial charge in [-0.1, -0.05) is 0 Å². The van der Waals surface area contributed by atoms with Crippen molar-refractivity contribution in [1.29, 1.82) is 0 Å². The van der Waals surface area contributed by atoms with Crippen LogP contribution in [0.3, 0.4) is 0 Å². The van der Waals surface area contributed by atoms with Crippen LogP contribution in [0, 0.1) is 0 Å². The Kier molecular flexibility index (Phi) is 7.73. The van der Waals surface area contributed by atoms with Crippen molar-refractivity contribution in [2.45, 2.75) is 19.4 Å². The number of nitrogens with one attached hydrogen (secondary N) is 1. The van der Waals surface area contributed by atoms with E-state index in [0.717, 1.165) is 25.9 Å². The second kappa shape index (κ2) is 9.29. The molecule has 24 heavy (non-hydrogen) atoms. The van der Waals surface area contributed by atoms with E-state index in [4.69, 9.17) is 11.5 Å². The van der Waals surface area contributed by atoms with Crippen LogP contribution in [0.15, 0.2) is 10.9 Å². The van der Waals surface area contributed by atoms with Crippen LogP contribution in [-0.4, -0.2) is 68.1 Å². The van der Waals surface area contributed by atoms with E-state index in [2.05, 4.69) is 5.32 Å². The number of nitrogens with zero attached hydrogens (tertiary/aromatic N) is 3. The molecule has 1 rings (SSSR count). The van der Waals surface area contributed by atoms with Crippen LogP contribution in [0.2, 0.25) is 0 Å². The van der Waals surface area contributed by atoms with Crippen molar-refractivity contribution in [1.82, 2.24) is 19.7 Å². The van der Waals surface area contributed by atoms with Crippen molar-refractivity contribution < 1.29 is 4.79 Å². The Morgan fingerprint density at radius 1 is 1.12 bits per heavy atom. The first-order valence-corrected chi connectivity index (χ1v) is 8.10. The zero-order chi connectivity index (χ0) is 18.3. The van der Waals surface area contributed by atoms with Gasteiger partial charge in [-0.25, -0.2) is 0 Å². The predicted molar refractivity (Wildman–Crippen MR) is 98.2 cm³/mol. The van der Waals surface area contributed by atoms with E-state index >= 15 is 0 Å². The molecule has 1 aromatic heterocycles. The fourth-order valence-electron chi connectivity index (χ4n) is 2.39. The molecule has 0 aromatic carbocycles. The van der Waals surface area contributed by atoms with Crippen molar-refractivity contribution in [3.05, 3.63) is 22.0 Å². The summed E-state index contributed by atoms with van der Waals surface area (Å²) in [7, 11) is 7.87. The normalized spacial score (nSPS) is 11.2. The van der Waals surface area contributed by atoms with Crippen LogP contribution in [0.5, 0.6) is 0 Å². The van der Waals surface area contributed by atoms with Crippen LogP contribution in [0.25, 0.3) is 0 Å². The van der Waals surface area contributed by atoms with Gasteiger partial charge in [-0.05, 0) is 54.1 Å². The zero-order valence-electron chi connectivity index (χ0n) is 15.1. The molecule has 0 unspecified atom stereocenters. The van der Waals surface area contributed by atoms with E-state index in [1.165, 1.54) is 10.6 Å². The van der Waals surface area contributed by atoms with Crippen molar-refractivity contribution in [3.8, 4) is 0 Å². The summed E-state index contributed by atoms with van der Waals surface area (Å²) >= 11 is 0. The first-order valence-electron chi connectivity index (χ1n) is 8.10. The third kappa shape index (κ3) is 5.86. The maximum Gasteiger partial charge on any atom is 0.257 e. The summed E-state index contributed by atoms with van der Waals surface area (Å²) in [6, 6.07) is 1.26. The summed E-state index contributed by atoms with van der Waals surface area (Å²) in [5.41, 5.74) is 11.9. The Bertz CT molecular complexity index is 609. The van der Waals surface area contributed by atoms with Gasteiger partial charge < -0.3 is 26.6 Å². The maximum absolute atomic E-state index is 12.4. The maximum atomic E-state index is 12.4. The highest BCUT2D eigenvalue weighted by molar-refractivity contribution is 6.03. The van der Waals surface area contributed by atoms with Crippen LogP contribution in [0.1, 0.15) is 23.2 Å². The summed E-state index contributed by atoms with van der Waals surface area (Å²) in [5, 5.41) is 2.81. The highest BCUT2D eigenvalue weighted by Gasteiger charge is 2.18. The lowest BCUT2D eigenvalue weighted by molar-refractivity contribution is 0.0953. The molecule has 0 aliphatic heterocycles. The number of pyridine rings is 1. The zero-order valence-corrected chi connectivity index (χ0v) is 15.1. The molecule has 5 N–H and O–H groups in total. The quantitative estimate of drug-likeness (QED) is 0.531. The second-order valence-corrected chi connectivity index (χ2v) is 6.42. The van der Waals surface area contributed by atoms with E-state index < -0.39 is 0 Å². The van der Waals surface area contributed by atoms with Crippen molar-refractivity contribution in [2.24, 2.45) is 0 Å². The summed E-state index contributed by atoms with van der Waals surface area (Å²) < 4.78 is 1.41. The largest absolute Gasteiger partial charge is 0.398 e. The highest BCUT2D eigenvalue weighted by atomic mass is 16.2. The Labute approximate surface area is 143 Å². The molecule has 1 heterocycles. The van der Waals surface area contributed by atoms with Gasteiger partial charge in [0.1, 0.15) is 11.4 Å². The van der Waals surface area contributed by atoms with E-state index in [0.29, 0.717) is 13.1 Å². The van der Waals surface area contributed by atoms with Crippen molar-refractivity contribution in [2.75, 3.05) is 59.3 Å². The minimum atomic E-state index is -0.342. The number of rotatable bonds is 9. The standard InChI is InChI=1S/C16H30N6O2/c1-20(2)8-5-7-19-16(24)14-12(17)11-13(23)22(15(14)18)10-6-9-21(3)4/h11H,5-10,17-18H2,1-4H3,(H,19,24). The van der Waals surface area contributed by atoms with Crippen molar-refractivity contribution >= 4 is 17.4 Å². The van der Waals surface area contributed by atoms with Gasteiger partial charge in [-0.2, -0.15) is 0 Å². The number of hydrogen-bond donors (Lipinski definition) is 3. The minimum Gasteiger partial charge on any atom is -0.398 e. The lowest BCUT2D eigenvalue weighted by Gasteiger charge is -2.17. The van der Waals surface area contributed by atoms with Crippen LogP contribution in [0.4, 0.5) is 11.5 Å². The topological polar surface area (TPSA) is 110 Å². The van der Waals surface area contributed by atoms with Crippen molar-refractivity contribution in [3.63, 3.8) is 0 Å². The number of carbonyl (C=O) groups excluding carboxylic acids is 1. The number of anilines is 2. The van der Waals surface area contributed by atoms with Gasteiger partial charge in [0.05, 0.1) is 5.69 Å². The molecule has 0 atom stereocenters. The van der Waals surface area contributed by atoms with E-state index in [9.17, 15) is 9.59 Å². The smallest absolute Gasteiger partial charge is 0.257 e. The molecule has 8 heteroatoms. The average molecular weight is 338 g/mol. The molecule has 8 nitrogen and oxygen atoms in total. The Morgan fingerprint density at radius 2 is 1.71 bits per heavy atom. The van der Waals surface area contributed by atoms with Gasteiger partial charge in [-0.15, -0.1) is 0 Å². The predicted octanol–water partition coefficient (Wildman–Crippen LogP) is -0.354. The average Bonchev–Trinajstić information content (AvgIpc) is 2.46. The molecular formula is C16H30N6O2. The molecule has 0 bridgehead atoms. The van der Waals surface area contributed by atoms with Gasteiger partial charge >= 0.3 is 0 Å². The molecule has 0 aliphatic carbocycles. The third-order valence-electron chi connectivity index (χ3n) is 3.66. The third-order valence-corrected chi connectivity index (χ3v) is 3.66. The number of aromatic nitrogens is 1. The number of nitrogens with two attached hydrogens (primary N) is 2. The second-order valence-electron chi connectivity index (χ2n) is 6.42. The van der Waals surface area contributed by atoms with Crippen LogP contribution >= 0.6 is 0 Å². The molecule has 0 spiro atoms. The highest BCUT2D eigenvalue weighted by Crippen LogP contribution is 2.17. The summed E-state index contributed by atoms with van der Waals surface area (Å²) in [6.07, 6.45) is 1.58. The number of carbonyl (C=O) groups is 1. The number of amides is 1. The van der Waals surface area contributed by atoms with E-state index in [1.807, 2.05) is 38.0 Å². The summed E-state index contributed by atoms with van der Waals surface area (Å²) in [6.45, 7) is 2.66. The van der Waals surface area contributed by atoms with E-state index in [1.54, 1.807) is 0 Å². The molecule has 0 radical (unpaired) electrons. The molecule has 0 aliphatic rings. The molecule has 1 amide bonds. The minimum absolute atomic E-state index is 0.117. The lowest BCUT2D eigenvalue weighted by Crippen LogP contribution is -2.32. The Morgan fingerprint density at radius 3 is 2.29 bits per heavy atom. The first-order chi connectivity index (χ1) is 11.2. The summed E-state index contributed by atoms with van der Waals surface area (Å²) in [5.74, 6) is -0.214. The summed E-state index contributed by atoms with van der Waals surface area (Å²) in [4.78, 5) is 28.5. The molecule has 0 fully saturated rings. The fraction of sp³-hybridized carbons (Fsp3) is 0.625. The van der Waals surface area contributed by atoms with Gasteiger partial charge in [0.25, 0.3) is 11.5 Å². The lowest BCUT2D eigenvalue weighted by atomic mass is 10.2. The van der Waals surface area contributed by atoms with Crippen LogP contribution in [-0.2, 0) is 6.54 Å². The number of hydrogen-bond acceptors (Lipinski definition) is 6. The monoisotopic (exact) mass is 338 g/mol. The fourth-order valence-corrected chi connectivity index (χ4v) is 2.39. The Hall–Kier alpha value is -2.06. The van der Waals surface area contributed by atoms with E-state index in [-0.39, 0.29) is 28.5 Å².